The lowest BCUT2D eigenvalue weighted by atomic mass is 9.86. The van der Waals surface area contributed by atoms with Crippen molar-refractivity contribution in [2.45, 2.75) is 38.1 Å². The van der Waals surface area contributed by atoms with Gasteiger partial charge in [-0.2, -0.15) is 0 Å². The van der Waals surface area contributed by atoms with Crippen molar-refractivity contribution in [1.82, 2.24) is 9.80 Å². The van der Waals surface area contributed by atoms with E-state index >= 15 is 0 Å². The molecule has 1 spiro atoms. The Bertz CT molecular complexity index is 568. The summed E-state index contributed by atoms with van der Waals surface area (Å²) < 4.78 is 0. The number of benzene rings is 1. The summed E-state index contributed by atoms with van der Waals surface area (Å²) in [5.41, 5.74) is 2.23. The first kappa shape index (κ1) is 16.1. The van der Waals surface area contributed by atoms with Gasteiger partial charge in [-0.25, -0.2) is 4.79 Å². The molecule has 0 aromatic heterocycles. The summed E-state index contributed by atoms with van der Waals surface area (Å²) in [7, 11) is 0. The SMILES string of the molecule is C=CCN1CCC[C@@]12CCCN(C(=O)Nc1ccc(C)cc1)C2. The van der Waals surface area contributed by atoms with E-state index < -0.39 is 0 Å². The first-order valence-electron chi connectivity index (χ1n) is 8.61. The summed E-state index contributed by atoms with van der Waals surface area (Å²) in [6.07, 6.45) is 6.67. The van der Waals surface area contributed by atoms with Gasteiger partial charge in [0.15, 0.2) is 0 Å². The minimum atomic E-state index is 0.0263. The standard InChI is InChI=1S/C19H27N3O/c1-3-12-22-14-5-11-19(22)10-4-13-21(15-19)18(23)20-17-8-6-16(2)7-9-17/h3,6-9H,1,4-5,10-15H2,2H3,(H,20,23)/t19-/m1/s1. The van der Waals surface area contributed by atoms with Gasteiger partial charge in [0.05, 0.1) is 0 Å². The Hall–Kier alpha value is -1.81. The number of nitrogens with zero attached hydrogens (tertiary/aromatic N) is 2. The molecule has 124 valence electrons. The maximum absolute atomic E-state index is 12.6. The number of carbonyl (C=O) groups excluding carboxylic acids is 1. The molecule has 0 saturated carbocycles. The van der Waals surface area contributed by atoms with Gasteiger partial charge in [-0.3, -0.25) is 4.90 Å². The summed E-state index contributed by atoms with van der Waals surface area (Å²) in [5.74, 6) is 0. The Morgan fingerprint density at radius 2 is 1.96 bits per heavy atom. The number of urea groups is 1. The highest BCUT2D eigenvalue weighted by Crippen LogP contribution is 2.37. The van der Waals surface area contributed by atoms with E-state index in [9.17, 15) is 4.79 Å². The van der Waals surface area contributed by atoms with Crippen molar-refractivity contribution in [2.75, 3.05) is 31.5 Å². The van der Waals surface area contributed by atoms with Crippen LogP contribution in [0.5, 0.6) is 0 Å². The van der Waals surface area contributed by atoms with E-state index in [0.717, 1.165) is 38.3 Å². The van der Waals surface area contributed by atoms with Crippen LogP contribution >= 0.6 is 0 Å². The van der Waals surface area contributed by atoms with E-state index in [2.05, 4.69) is 16.8 Å². The lowest BCUT2D eigenvalue weighted by Crippen LogP contribution is -2.57. The fraction of sp³-hybridized carbons (Fsp3) is 0.526. The van der Waals surface area contributed by atoms with Crippen molar-refractivity contribution >= 4 is 11.7 Å². The van der Waals surface area contributed by atoms with E-state index in [1.54, 1.807) is 0 Å². The van der Waals surface area contributed by atoms with E-state index in [4.69, 9.17) is 0 Å². The number of aryl methyl sites for hydroxylation is 1. The molecule has 3 rings (SSSR count). The number of hydrogen-bond donors (Lipinski definition) is 1. The molecule has 2 saturated heterocycles. The van der Waals surface area contributed by atoms with Gasteiger partial charge in [0, 0.05) is 30.9 Å². The molecule has 2 amide bonds. The van der Waals surface area contributed by atoms with E-state index in [1.165, 1.54) is 24.8 Å². The monoisotopic (exact) mass is 313 g/mol. The van der Waals surface area contributed by atoms with Crippen molar-refractivity contribution in [2.24, 2.45) is 0 Å². The molecule has 1 N–H and O–H groups in total. The average molecular weight is 313 g/mol. The van der Waals surface area contributed by atoms with Gasteiger partial charge >= 0.3 is 6.03 Å². The summed E-state index contributed by atoms with van der Waals surface area (Å²) in [6, 6.07) is 8.00. The number of rotatable bonds is 3. The Morgan fingerprint density at radius 1 is 1.26 bits per heavy atom. The van der Waals surface area contributed by atoms with Gasteiger partial charge in [-0.05, 0) is 51.3 Å². The van der Waals surface area contributed by atoms with Crippen LogP contribution in [0.1, 0.15) is 31.2 Å². The summed E-state index contributed by atoms with van der Waals surface area (Å²) >= 11 is 0. The second kappa shape index (κ2) is 6.75. The van der Waals surface area contributed by atoms with Gasteiger partial charge in [-0.1, -0.05) is 23.8 Å². The van der Waals surface area contributed by atoms with Crippen molar-refractivity contribution in [1.29, 1.82) is 0 Å². The largest absolute Gasteiger partial charge is 0.323 e. The van der Waals surface area contributed by atoms with Crippen LogP contribution in [0.4, 0.5) is 10.5 Å². The molecule has 1 atom stereocenters. The van der Waals surface area contributed by atoms with E-state index in [-0.39, 0.29) is 11.6 Å². The van der Waals surface area contributed by atoms with Crippen LogP contribution in [-0.4, -0.2) is 47.5 Å². The van der Waals surface area contributed by atoms with Crippen LogP contribution in [0.15, 0.2) is 36.9 Å². The second-order valence-electron chi connectivity index (χ2n) is 6.88. The van der Waals surface area contributed by atoms with Gasteiger partial charge in [0.1, 0.15) is 0 Å². The van der Waals surface area contributed by atoms with Crippen LogP contribution in [-0.2, 0) is 0 Å². The molecule has 1 aromatic carbocycles. The van der Waals surface area contributed by atoms with Gasteiger partial charge in [0.2, 0.25) is 0 Å². The normalized spacial score (nSPS) is 24.8. The smallest absolute Gasteiger partial charge is 0.321 e. The number of nitrogens with one attached hydrogen (secondary N) is 1. The van der Waals surface area contributed by atoms with Crippen LogP contribution in [0.3, 0.4) is 0 Å². The zero-order chi connectivity index (χ0) is 16.3. The fourth-order valence-electron chi connectivity index (χ4n) is 4.02. The fourth-order valence-corrected chi connectivity index (χ4v) is 4.02. The predicted octanol–water partition coefficient (Wildman–Crippen LogP) is 3.64. The molecular weight excluding hydrogens is 286 g/mol. The third-order valence-electron chi connectivity index (χ3n) is 5.24. The highest BCUT2D eigenvalue weighted by Gasteiger charge is 2.44. The molecule has 0 aliphatic carbocycles. The van der Waals surface area contributed by atoms with Crippen LogP contribution in [0.25, 0.3) is 0 Å². The van der Waals surface area contributed by atoms with Crippen molar-refractivity contribution in [3.63, 3.8) is 0 Å². The maximum Gasteiger partial charge on any atom is 0.321 e. The molecular formula is C19H27N3O. The lowest BCUT2D eigenvalue weighted by Gasteiger charge is -2.45. The minimum Gasteiger partial charge on any atom is -0.323 e. The zero-order valence-corrected chi connectivity index (χ0v) is 14.1. The van der Waals surface area contributed by atoms with Gasteiger partial charge in [0.25, 0.3) is 0 Å². The maximum atomic E-state index is 12.6. The molecule has 1 aromatic rings. The number of hydrogen-bond acceptors (Lipinski definition) is 2. The molecule has 2 fully saturated rings. The summed E-state index contributed by atoms with van der Waals surface area (Å²) in [6.45, 7) is 9.66. The lowest BCUT2D eigenvalue weighted by molar-refractivity contribution is 0.0670. The van der Waals surface area contributed by atoms with E-state index in [1.807, 2.05) is 42.2 Å². The molecule has 4 nitrogen and oxygen atoms in total. The molecule has 2 aliphatic rings. The Kier molecular flexibility index (Phi) is 4.71. The molecule has 0 bridgehead atoms. The molecule has 23 heavy (non-hydrogen) atoms. The molecule has 2 aliphatic heterocycles. The Morgan fingerprint density at radius 3 is 2.65 bits per heavy atom. The Labute approximate surface area is 139 Å². The molecule has 2 heterocycles. The van der Waals surface area contributed by atoms with Crippen molar-refractivity contribution in [3.8, 4) is 0 Å². The summed E-state index contributed by atoms with van der Waals surface area (Å²) in [5, 5.41) is 3.04. The third kappa shape index (κ3) is 3.42. The quantitative estimate of drug-likeness (QED) is 0.865. The highest BCUT2D eigenvalue weighted by molar-refractivity contribution is 5.89. The predicted molar refractivity (Wildman–Crippen MR) is 94.7 cm³/mol. The number of anilines is 1. The Balaban J connectivity index is 1.67. The van der Waals surface area contributed by atoms with E-state index in [0.29, 0.717) is 0 Å². The van der Waals surface area contributed by atoms with Crippen LogP contribution in [0, 0.1) is 6.92 Å². The number of amides is 2. The van der Waals surface area contributed by atoms with Gasteiger partial charge in [-0.15, -0.1) is 6.58 Å². The molecule has 4 heteroatoms. The van der Waals surface area contributed by atoms with Crippen LogP contribution in [0.2, 0.25) is 0 Å². The number of piperidine rings is 1. The second-order valence-corrected chi connectivity index (χ2v) is 6.88. The molecule has 0 unspecified atom stereocenters. The number of carbonyl (C=O) groups is 1. The van der Waals surface area contributed by atoms with Crippen molar-refractivity contribution in [3.05, 3.63) is 42.5 Å². The minimum absolute atomic E-state index is 0.0263. The van der Waals surface area contributed by atoms with Gasteiger partial charge < -0.3 is 10.2 Å². The average Bonchev–Trinajstić information content (AvgIpc) is 2.92. The van der Waals surface area contributed by atoms with Crippen molar-refractivity contribution < 1.29 is 4.79 Å². The third-order valence-corrected chi connectivity index (χ3v) is 5.24. The number of likely N-dealkylation sites (tertiary alicyclic amines) is 2. The first-order chi connectivity index (χ1) is 11.1. The highest BCUT2D eigenvalue weighted by atomic mass is 16.2. The first-order valence-corrected chi connectivity index (χ1v) is 8.61. The topological polar surface area (TPSA) is 35.6 Å². The zero-order valence-electron chi connectivity index (χ0n) is 14.1. The van der Waals surface area contributed by atoms with Crippen LogP contribution < -0.4 is 5.32 Å². The molecule has 0 radical (unpaired) electrons. The summed E-state index contributed by atoms with van der Waals surface area (Å²) in [4.78, 5) is 17.1.